The first-order chi connectivity index (χ1) is 18.4. The van der Waals surface area contributed by atoms with Crippen LogP contribution in [0, 0.1) is 0 Å². The summed E-state index contributed by atoms with van der Waals surface area (Å²) in [5.41, 5.74) is 2.09. The van der Waals surface area contributed by atoms with E-state index in [9.17, 15) is 14.7 Å². The number of aliphatic hydroxyl groups is 1. The quantitative estimate of drug-likeness (QED) is 0.261. The van der Waals surface area contributed by atoms with E-state index >= 15 is 0 Å². The van der Waals surface area contributed by atoms with Crippen molar-refractivity contribution in [3.63, 3.8) is 0 Å². The Hall–Kier alpha value is -3.51. The zero-order chi connectivity index (χ0) is 27.0. The van der Waals surface area contributed by atoms with Crippen molar-refractivity contribution in [1.29, 1.82) is 0 Å². The highest BCUT2D eigenvalue weighted by molar-refractivity contribution is 8.04. The van der Waals surface area contributed by atoms with E-state index in [2.05, 4.69) is 19.2 Å². The minimum Gasteiger partial charge on any atom is -0.511 e. The van der Waals surface area contributed by atoms with Gasteiger partial charge < -0.3 is 15.2 Å². The molecule has 1 unspecified atom stereocenters. The van der Waals surface area contributed by atoms with Gasteiger partial charge in [-0.25, -0.2) is 4.79 Å². The second-order valence-corrected chi connectivity index (χ2v) is 11.0. The summed E-state index contributed by atoms with van der Waals surface area (Å²) in [6.45, 7) is 4.78. The molecule has 0 aromatic heterocycles. The number of hydrogen-bond donors (Lipinski definition) is 2. The first-order valence-electron chi connectivity index (χ1n) is 13.2. The largest absolute Gasteiger partial charge is 0.511 e. The number of aliphatic hydroxyl groups excluding tert-OH is 1. The monoisotopic (exact) mass is 529 g/mol. The number of nitrogens with one attached hydrogen (secondary N) is 1. The normalized spacial score (nSPS) is 17.4. The van der Waals surface area contributed by atoms with E-state index in [1.807, 2.05) is 84.9 Å². The smallest absolute Gasteiger partial charge is 0.349 e. The summed E-state index contributed by atoms with van der Waals surface area (Å²) in [6.07, 6.45) is 2.21. The third-order valence-corrected chi connectivity index (χ3v) is 8.00. The zero-order valence-corrected chi connectivity index (χ0v) is 22.8. The Morgan fingerprint density at radius 2 is 1.66 bits per heavy atom. The standard InChI is InChI=1S/C32H35NO4S/c1-23(2)26-16-9-10-17-28(26)38-30-27(34)22-32(37-31(30)36,25-14-7-4-8-15-25)20-11-18-29(35)33-21-19-24-12-5-3-6-13-24/h3-10,12-17,23,34H,11,18-22H2,1-2H3,(H,33,35). The topological polar surface area (TPSA) is 75.6 Å². The lowest BCUT2D eigenvalue weighted by molar-refractivity contribution is -0.160. The molecule has 198 valence electrons. The van der Waals surface area contributed by atoms with Gasteiger partial charge in [0.2, 0.25) is 5.91 Å². The molecule has 2 N–H and O–H groups in total. The second kappa shape index (κ2) is 12.8. The third kappa shape index (κ3) is 6.87. The molecule has 0 saturated heterocycles. The minimum absolute atomic E-state index is 0.0287. The van der Waals surface area contributed by atoms with Gasteiger partial charge in [0.25, 0.3) is 0 Å². The van der Waals surface area contributed by atoms with Crippen molar-refractivity contribution < 1.29 is 19.4 Å². The van der Waals surface area contributed by atoms with Crippen LogP contribution in [0.2, 0.25) is 0 Å². The number of hydrogen-bond acceptors (Lipinski definition) is 5. The summed E-state index contributed by atoms with van der Waals surface area (Å²) < 4.78 is 6.13. The summed E-state index contributed by atoms with van der Waals surface area (Å²) >= 11 is 1.26. The van der Waals surface area contributed by atoms with E-state index in [0.29, 0.717) is 25.8 Å². The number of thioether (sulfide) groups is 1. The SMILES string of the molecule is CC(C)c1ccccc1SC1=C(O)CC(CCCC(=O)NCCc2ccccc2)(c2ccccc2)OC1=O. The van der Waals surface area contributed by atoms with E-state index in [-0.39, 0.29) is 28.9 Å². The highest BCUT2D eigenvalue weighted by Crippen LogP contribution is 2.46. The molecule has 0 spiro atoms. The Bertz CT molecular complexity index is 1270. The van der Waals surface area contributed by atoms with Crippen molar-refractivity contribution in [2.45, 2.75) is 62.4 Å². The van der Waals surface area contributed by atoms with Gasteiger partial charge in [-0.3, -0.25) is 4.79 Å². The number of cyclic esters (lactones) is 1. The molecule has 1 atom stereocenters. The van der Waals surface area contributed by atoms with Crippen molar-refractivity contribution in [3.8, 4) is 0 Å². The molecule has 1 amide bonds. The Kier molecular flexibility index (Phi) is 9.29. The average molecular weight is 530 g/mol. The Morgan fingerprint density at radius 1 is 1.00 bits per heavy atom. The van der Waals surface area contributed by atoms with Gasteiger partial charge in [0, 0.05) is 17.9 Å². The average Bonchev–Trinajstić information content (AvgIpc) is 2.92. The van der Waals surface area contributed by atoms with E-state index in [4.69, 9.17) is 4.74 Å². The van der Waals surface area contributed by atoms with Crippen molar-refractivity contribution >= 4 is 23.6 Å². The molecule has 1 heterocycles. The van der Waals surface area contributed by atoms with Gasteiger partial charge in [-0.1, -0.05) is 104 Å². The fourth-order valence-corrected chi connectivity index (χ4v) is 5.89. The molecular formula is C32H35NO4S. The molecule has 0 fully saturated rings. The van der Waals surface area contributed by atoms with Gasteiger partial charge in [0.1, 0.15) is 16.3 Å². The summed E-state index contributed by atoms with van der Waals surface area (Å²) in [5, 5.41) is 14.1. The van der Waals surface area contributed by atoms with E-state index in [0.717, 1.165) is 22.4 Å². The second-order valence-electron chi connectivity index (χ2n) is 9.94. The molecule has 0 aliphatic carbocycles. The summed E-state index contributed by atoms with van der Waals surface area (Å²) in [5.74, 6) is -0.259. The van der Waals surface area contributed by atoms with Crippen molar-refractivity contribution in [1.82, 2.24) is 5.32 Å². The summed E-state index contributed by atoms with van der Waals surface area (Å²) in [4.78, 5) is 27.0. The van der Waals surface area contributed by atoms with E-state index in [1.165, 1.54) is 17.3 Å². The van der Waals surface area contributed by atoms with Gasteiger partial charge in [-0.05, 0) is 47.9 Å². The number of ether oxygens (including phenoxy) is 1. The van der Waals surface area contributed by atoms with Crippen LogP contribution in [0.25, 0.3) is 0 Å². The number of benzene rings is 3. The predicted molar refractivity (Wildman–Crippen MR) is 152 cm³/mol. The van der Waals surface area contributed by atoms with E-state index in [1.54, 1.807) is 0 Å². The van der Waals surface area contributed by atoms with Crippen LogP contribution in [0.3, 0.4) is 0 Å². The lowest BCUT2D eigenvalue weighted by Crippen LogP contribution is -2.38. The van der Waals surface area contributed by atoms with E-state index < -0.39 is 11.6 Å². The van der Waals surface area contributed by atoms with Crippen molar-refractivity contribution in [2.75, 3.05) is 6.54 Å². The highest BCUT2D eigenvalue weighted by Gasteiger charge is 2.43. The van der Waals surface area contributed by atoms with Crippen molar-refractivity contribution in [2.24, 2.45) is 0 Å². The van der Waals surface area contributed by atoms with Crippen LogP contribution in [0.1, 0.15) is 62.1 Å². The minimum atomic E-state index is -1.02. The number of rotatable bonds is 11. The van der Waals surface area contributed by atoms with Crippen LogP contribution < -0.4 is 5.32 Å². The maximum atomic E-state index is 13.3. The van der Waals surface area contributed by atoms with Crippen LogP contribution in [0.5, 0.6) is 0 Å². The maximum Gasteiger partial charge on any atom is 0.349 e. The van der Waals surface area contributed by atoms with Gasteiger partial charge in [-0.15, -0.1) is 0 Å². The molecule has 0 bridgehead atoms. The lowest BCUT2D eigenvalue weighted by atomic mass is 9.83. The number of carbonyl (C=O) groups is 2. The first kappa shape index (κ1) is 27.5. The van der Waals surface area contributed by atoms with Crippen LogP contribution in [-0.2, 0) is 26.3 Å². The van der Waals surface area contributed by atoms with Crippen LogP contribution in [0.4, 0.5) is 0 Å². The first-order valence-corrected chi connectivity index (χ1v) is 14.0. The molecule has 0 saturated carbocycles. The Labute approximate surface area is 229 Å². The lowest BCUT2D eigenvalue weighted by Gasteiger charge is -2.37. The number of amides is 1. The summed E-state index contributed by atoms with van der Waals surface area (Å²) in [7, 11) is 0. The molecule has 3 aromatic rings. The Morgan fingerprint density at radius 3 is 2.34 bits per heavy atom. The van der Waals surface area contributed by atoms with Gasteiger partial charge in [0.15, 0.2) is 0 Å². The number of carbonyl (C=O) groups excluding carboxylic acids is 2. The number of esters is 1. The summed E-state index contributed by atoms with van der Waals surface area (Å²) in [6, 6.07) is 27.5. The fraction of sp³-hybridized carbons (Fsp3) is 0.312. The molecule has 0 radical (unpaired) electrons. The fourth-order valence-electron chi connectivity index (χ4n) is 4.79. The molecule has 3 aromatic carbocycles. The molecule has 1 aliphatic rings. The highest BCUT2D eigenvalue weighted by atomic mass is 32.2. The van der Waals surface area contributed by atoms with Crippen LogP contribution in [-0.4, -0.2) is 23.5 Å². The molecule has 1 aliphatic heterocycles. The van der Waals surface area contributed by atoms with Crippen molar-refractivity contribution in [3.05, 3.63) is 112 Å². The van der Waals surface area contributed by atoms with Gasteiger partial charge in [0.05, 0.1) is 6.42 Å². The molecule has 5 nitrogen and oxygen atoms in total. The molecule has 6 heteroatoms. The van der Waals surface area contributed by atoms with Crippen LogP contribution >= 0.6 is 11.8 Å². The van der Waals surface area contributed by atoms with Crippen LogP contribution in [0.15, 0.2) is 100 Å². The Balaban J connectivity index is 1.44. The molecular weight excluding hydrogens is 494 g/mol. The molecule has 4 rings (SSSR count). The van der Waals surface area contributed by atoms with Gasteiger partial charge in [-0.2, -0.15) is 0 Å². The molecule has 38 heavy (non-hydrogen) atoms. The maximum absolute atomic E-state index is 13.3. The van der Waals surface area contributed by atoms with Gasteiger partial charge >= 0.3 is 5.97 Å². The predicted octanol–water partition coefficient (Wildman–Crippen LogP) is 7.04. The third-order valence-electron chi connectivity index (χ3n) is 6.80. The zero-order valence-electron chi connectivity index (χ0n) is 22.0.